The van der Waals surface area contributed by atoms with Crippen molar-refractivity contribution >= 4 is 28.7 Å². The van der Waals surface area contributed by atoms with Crippen molar-refractivity contribution in [3.63, 3.8) is 0 Å². The zero-order valence-corrected chi connectivity index (χ0v) is 10.5. The van der Waals surface area contributed by atoms with Crippen LogP contribution in [0.3, 0.4) is 0 Å². The molecule has 1 aliphatic heterocycles. The van der Waals surface area contributed by atoms with E-state index in [1.165, 1.54) is 6.07 Å². The number of ether oxygens (including phenoxy) is 1. The molecule has 9 heteroatoms. The highest BCUT2D eigenvalue weighted by molar-refractivity contribution is 6.33. The Morgan fingerprint density at radius 2 is 1.68 bits per heavy atom. The monoisotopic (exact) mass is 287 g/mol. The van der Waals surface area contributed by atoms with Gasteiger partial charge in [0, 0.05) is 13.1 Å². The second kappa shape index (κ2) is 5.37. The number of nitro groups is 2. The summed E-state index contributed by atoms with van der Waals surface area (Å²) in [6.45, 7) is 1.86. The summed E-state index contributed by atoms with van der Waals surface area (Å²) in [5, 5.41) is 21.7. The molecule has 0 amide bonds. The molecule has 102 valence electrons. The first-order valence-corrected chi connectivity index (χ1v) is 5.83. The van der Waals surface area contributed by atoms with Crippen molar-refractivity contribution in [2.24, 2.45) is 0 Å². The van der Waals surface area contributed by atoms with Gasteiger partial charge in [0.2, 0.25) is 0 Å². The van der Waals surface area contributed by atoms with Crippen molar-refractivity contribution < 1.29 is 14.6 Å². The molecule has 19 heavy (non-hydrogen) atoms. The molecule has 1 fully saturated rings. The third kappa shape index (κ3) is 2.74. The van der Waals surface area contributed by atoms with Crippen molar-refractivity contribution in [2.75, 3.05) is 31.2 Å². The van der Waals surface area contributed by atoms with Gasteiger partial charge in [-0.05, 0) is 6.07 Å². The highest BCUT2D eigenvalue weighted by Crippen LogP contribution is 2.37. The van der Waals surface area contributed by atoms with Crippen LogP contribution in [-0.4, -0.2) is 36.1 Å². The van der Waals surface area contributed by atoms with Crippen LogP contribution in [0.25, 0.3) is 0 Å². The second-order valence-corrected chi connectivity index (χ2v) is 4.31. The minimum Gasteiger partial charge on any atom is -0.378 e. The quantitative estimate of drug-likeness (QED) is 0.622. The van der Waals surface area contributed by atoms with Gasteiger partial charge in [-0.1, -0.05) is 11.6 Å². The molecular formula is C10H10ClN3O5. The van der Waals surface area contributed by atoms with E-state index in [4.69, 9.17) is 16.3 Å². The molecule has 0 aliphatic carbocycles. The molecule has 0 bridgehead atoms. The molecule has 8 nitrogen and oxygen atoms in total. The molecule has 0 atom stereocenters. The van der Waals surface area contributed by atoms with Crippen molar-refractivity contribution in [1.82, 2.24) is 0 Å². The Morgan fingerprint density at radius 1 is 1.11 bits per heavy atom. The summed E-state index contributed by atoms with van der Waals surface area (Å²) >= 11 is 5.80. The SMILES string of the molecule is O=[N+]([O-])c1cc([N+](=O)[O-])c(N2CCOCC2)cc1Cl. The molecule has 1 aromatic carbocycles. The summed E-state index contributed by atoms with van der Waals surface area (Å²) in [4.78, 5) is 22.1. The van der Waals surface area contributed by atoms with Crippen molar-refractivity contribution in [3.05, 3.63) is 37.4 Å². The lowest BCUT2D eigenvalue weighted by molar-refractivity contribution is -0.393. The molecule has 1 saturated heterocycles. The summed E-state index contributed by atoms with van der Waals surface area (Å²) in [6, 6.07) is 2.16. The van der Waals surface area contributed by atoms with E-state index in [2.05, 4.69) is 0 Å². The van der Waals surface area contributed by atoms with Gasteiger partial charge >= 0.3 is 0 Å². The summed E-state index contributed by atoms with van der Waals surface area (Å²) < 4.78 is 5.16. The van der Waals surface area contributed by atoms with Crippen LogP contribution in [0.5, 0.6) is 0 Å². The summed E-state index contributed by atoms with van der Waals surface area (Å²) in [5.74, 6) is 0. The third-order valence-corrected chi connectivity index (χ3v) is 3.09. The lowest BCUT2D eigenvalue weighted by Crippen LogP contribution is -2.36. The number of anilines is 1. The fraction of sp³-hybridized carbons (Fsp3) is 0.400. The Labute approximate surface area is 112 Å². The minimum absolute atomic E-state index is 0.114. The smallest absolute Gasteiger partial charge is 0.299 e. The highest BCUT2D eigenvalue weighted by atomic mass is 35.5. The zero-order valence-electron chi connectivity index (χ0n) is 9.74. The van der Waals surface area contributed by atoms with Crippen LogP contribution in [-0.2, 0) is 4.74 Å². The maximum absolute atomic E-state index is 11.0. The number of rotatable bonds is 3. The van der Waals surface area contributed by atoms with Crippen LogP contribution in [0.4, 0.5) is 17.1 Å². The van der Waals surface area contributed by atoms with Gasteiger partial charge in [-0.3, -0.25) is 20.2 Å². The number of morpholine rings is 1. The standard InChI is InChI=1S/C10H10ClN3O5/c11-7-5-9(12-1-3-19-4-2-12)10(14(17)18)6-8(7)13(15)16/h5-6H,1-4H2. The molecule has 1 aromatic rings. The van der Waals surface area contributed by atoms with Gasteiger partial charge in [0.1, 0.15) is 10.7 Å². The Kier molecular flexibility index (Phi) is 3.82. The largest absolute Gasteiger partial charge is 0.378 e. The highest BCUT2D eigenvalue weighted by Gasteiger charge is 2.27. The van der Waals surface area contributed by atoms with E-state index in [0.29, 0.717) is 26.3 Å². The van der Waals surface area contributed by atoms with Gasteiger partial charge in [-0.25, -0.2) is 0 Å². The number of hydrogen-bond acceptors (Lipinski definition) is 6. The van der Waals surface area contributed by atoms with Gasteiger partial charge in [0.25, 0.3) is 11.4 Å². The zero-order chi connectivity index (χ0) is 14.0. The first-order valence-electron chi connectivity index (χ1n) is 5.45. The molecule has 0 aromatic heterocycles. The molecule has 0 N–H and O–H groups in total. The minimum atomic E-state index is -0.738. The van der Waals surface area contributed by atoms with Crippen molar-refractivity contribution in [3.8, 4) is 0 Å². The van der Waals surface area contributed by atoms with Gasteiger partial charge in [-0.15, -0.1) is 0 Å². The van der Waals surface area contributed by atoms with Gasteiger partial charge < -0.3 is 9.64 Å². The molecule has 0 unspecified atom stereocenters. The van der Waals surface area contributed by atoms with E-state index in [-0.39, 0.29) is 16.4 Å². The van der Waals surface area contributed by atoms with E-state index in [1.54, 1.807) is 4.90 Å². The van der Waals surface area contributed by atoms with Crippen LogP contribution >= 0.6 is 11.6 Å². The lowest BCUT2D eigenvalue weighted by Gasteiger charge is -2.28. The molecule has 1 aliphatic rings. The lowest BCUT2D eigenvalue weighted by atomic mass is 10.2. The first kappa shape index (κ1) is 13.5. The summed E-state index contributed by atoms with van der Waals surface area (Å²) in [6.07, 6.45) is 0. The van der Waals surface area contributed by atoms with E-state index < -0.39 is 15.5 Å². The predicted molar refractivity (Wildman–Crippen MR) is 67.8 cm³/mol. The fourth-order valence-electron chi connectivity index (χ4n) is 1.88. The number of nitrogens with zero attached hydrogens (tertiary/aromatic N) is 3. The van der Waals surface area contributed by atoms with Crippen LogP contribution < -0.4 is 4.90 Å². The predicted octanol–water partition coefficient (Wildman–Crippen LogP) is 1.99. The molecule has 2 rings (SSSR count). The average Bonchev–Trinajstić information content (AvgIpc) is 2.38. The van der Waals surface area contributed by atoms with Crippen LogP contribution in [0.15, 0.2) is 12.1 Å². The Morgan fingerprint density at radius 3 is 2.21 bits per heavy atom. The molecule has 1 heterocycles. The van der Waals surface area contributed by atoms with E-state index in [1.807, 2.05) is 0 Å². The summed E-state index contributed by atoms with van der Waals surface area (Å²) in [5.41, 5.74) is -0.507. The van der Waals surface area contributed by atoms with Gasteiger partial charge in [0.15, 0.2) is 0 Å². The number of hydrogen-bond donors (Lipinski definition) is 0. The number of benzene rings is 1. The topological polar surface area (TPSA) is 98.8 Å². The Hall–Kier alpha value is -1.93. The Bertz CT molecular complexity index is 530. The van der Waals surface area contributed by atoms with Crippen LogP contribution in [0.1, 0.15) is 0 Å². The molecular weight excluding hydrogens is 278 g/mol. The van der Waals surface area contributed by atoms with E-state index in [0.717, 1.165) is 6.07 Å². The maximum Gasteiger partial charge on any atom is 0.299 e. The van der Waals surface area contributed by atoms with E-state index in [9.17, 15) is 20.2 Å². The van der Waals surface area contributed by atoms with Gasteiger partial charge in [-0.2, -0.15) is 0 Å². The summed E-state index contributed by atoms with van der Waals surface area (Å²) in [7, 11) is 0. The van der Waals surface area contributed by atoms with Gasteiger partial charge in [0.05, 0.1) is 29.1 Å². The molecule has 0 spiro atoms. The normalized spacial score (nSPS) is 15.3. The Balaban J connectivity index is 2.49. The number of halogens is 1. The fourth-order valence-corrected chi connectivity index (χ4v) is 2.11. The van der Waals surface area contributed by atoms with E-state index >= 15 is 0 Å². The van der Waals surface area contributed by atoms with Crippen LogP contribution in [0, 0.1) is 20.2 Å². The van der Waals surface area contributed by atoms with Crippen molar-refractivity contribution in [1.29, 1.82) is 0 Å². The average molecular weight is 288 g/mol. The molecule has 0 saturated carbocycles. The molecule has 0 radical (unpaired) electrons. The van der Waals surface area contributed by atoms with Crippen LogP contribution in [0.2, 0.25) is 5.02 Å². The number of nitro benzene ring substituents is 2. The second-order valence-electron chi connectivity index (χ2n) is 3.91. The third-order valence-electron chi connectivity index (χ3n) is 2.79. The first-order chi connectivity index (χ1) is 9.00. The van der Waals surface area contributed by atoms with Crippen molar-refractivity contribution in [2.45, 2.75) is 0 Å². The maximum atomic E-state index is 11.0.